The molecule has 88 valence electrons. The number of hydrogen-bond acceptors (Lipinski definition) is 5. The molecular formula is C11H17N3O2. The quantitative estimate of drug-likeness (QED) is 0.846. The van der Waals surface area contributed by atoms with E-state index in [1.54, 1.807) is 0 Å². The fourth-order valence-corrected chi connectivity index (χ4v) is 1.53. The Morgan fingerprint density at radius 3 is 2.75 bits per heavy atom. The predicted octanol–water partition coefficient (Wildman–Crippen LogP) is 1.80. The average Bonchev–Trinajstić information content (AvgIpc) is 2.36. The molecule has 0 radical (unpaired) electrons. The summed E-state index contributed by atoms with van der Waals surface area (Å²) in [6.07, 6.45) is 1.00. The van der Waals surface area contributed by atoms with Gasteiger partial charge < -0.3 is 14.8 Å². The zero-order chi connectivity index (χ0) is 11.5. The topological polar surface area (TPSA) is 56.3 Å². The summed E-state index contributed by atoms with van der Waals surface area (Å²) in [5, 5.41) is 3.02. The molecule has 0 aliphatic carbocycles. The van der Waals surface area contributed by atoms with E-state index in [1.165, 1.54) is 0 Å². The van der Waals surface area contributed by atoms with E-state index in [2.05, 4.69) is 29.1 Å². The summed E-state index contributed by atoms with van der Waals surface area (Å²) in [5.41, 5.74) is 0. The maximum Gasteiger partial charge on any atom is 0.262 e. The third-order valence-electron chi connectivity index (χ3n) is 2.71. The monoisotopic (exact) mass is 223 g/mol. The van der Waals surface area contributed by atoms with E-state index in [-0.39, 0.29) is 0 Å². The molecule has 5 heteroatoms. The standard InChI is InChI=1S/C11H17N3O2/c1-4-7(2)9-13-10(12-3)8-11(14-9)16-6-5-15-8/h7H,4-6H2,1-3H3,(H,12,13,14). The Kier molecular flexibility index (Phi) is 3.12. The Morgan fingerprint density at radius 1 is 1.31 bits per heavy atom. The summed E-state index contributed by atoms with van der Waals surface area (Å²) in [5.74, 6) is 3.01. The Balaban J connectivity index is 2.43. The SMILES string of the molecule is CCC(C)c1nc(NC)c2c(n1)OCCO2. The van der Waals surface area contributed by atoms with Gasteiger partial charge in [-0.1, -0.05) is 13.8 Å². The van der Waals surface area contributed by atoms with Crippen LogP contribution in [0.2, 0.25) is 0 Å². The molecule has 0 bridgehead atoms. The summed E-state index contributed by atoms with van der Waals surface area (Å²) >= 11 is 0. The van der Waals surface area contributed by atoms with Gasteiger partial charge in [0.05, 0.1) is 0 Å². The third kappa shape index (κ3) is 1.89. The molecule has 1 unspecified atom stereocenters. The number of ether oxygens (including phenoxy) is 2. The molecule has 1 atom stereocenters. The zero-order valence-electron chi connectivity index (χ0n) is 9.91. The maximum absolute atomic E-state index is 5.50. The Morgan fingerprint density at radius 2 is 2.06 bits per heavy atom. The number of nitrogens with zero attached hydrogens (tertiary/aromatic N) is 2. The molecule has 1 aliphatic heterocycles. The van der Waals surface area contributed by atoms with Gasteiger partial charge in [-0.25, -0.2) is 4.98 Å². The van der Waals surface area contributed by atoms with Crippen molar-refractivity contribution in [3.05, 3.63) is 5.82 Å². The lowest BCUT2D eigenvalue weighted by Gasteiger charge is -2.21. The highest BCUT2D eigenvalue weighted by molar-refractivity contribution is 5.56. The molecule has 2 heterocycles. The summed E-state index contributed by atoms with van der Waals surface area (Å²) in [6, 6.07) is 0. The second kappa shape index (κ2) is 4.55. The summed E-state index contributed by atoms with van der Waals surface area (Å²) < 4.78 is 11.0. The van der Waals surface area contributed by atoms with E-state index in [0.29, 0.717) is 36.6 Å². The van der Waals surface area contributed by atoms with Crippen LogP contribution in [0.5, 0.6) is 11.6 Å². The fraction of sp³-hybridized carbons (Fsp3) is 0.636. The van der Waals surface area contributed by atoms with Gasteiger partial charge in [0, 0.05) is 13.0 Å². The van der Waals surface area contributed by atoms with E-state index in [9.17, 15) is 0 Å². The largest absolute Gasteiger partial charge is 0.482 e. The van der Waals surface area contributed by atoms with Crippen LogP contribution in [0.15, 0.2) is 0 Å². The van der Waals surface area contributed by atoms with E-state index in [0.717, 1.165) is 12.2 Å². The lowest BCUT2D eigenvalue weighted by Crippen LogP contribution is -2.19. The third-order valence-corrected chi connectivity index (χ3v) is 2.71. The van der Waals surface area contributed by atoms with Crippen LogP contribution >= 0.6 is 0 Å². The van der Waals surface area contributed by atoms with Crippen LogP contribution < -0.4 is 14.8 Å². The van der Waals surface area contributed by atoms with Gasteiger partial charge in [-0.15, -0.1) is 0 Å². The first-order chi connectivity index (χ1) is 7.76. The van der Waals surface area contributed by atoms with Gasteiger partial charge in [0.1, 0.15) is 19.0 Å². The summed E-state index contributed by atoms with van der Waals surface area (Å²) in [7, 11) is 1.82. The van der Waals surface area contributed by atoms with E-state index < -0.39 is 0 Å². The lowest BCUT2D eigenvalue weighted by molar-refractivity contribution is 0.163. The minimum absolute atomic E-state index is 0.322. The van der Waals surface area contributed by atoms with E-state index in [1.807, 2.05) is 7.05 Å². The maximum atomic E-state index is 5.50. The Hall–Kier alpha value is -1.52. The number of fused-ring (bicyclic) bond motifs is 1. The van der Waals surface area contributed by atoms with Gasteiger partial charge in [0.15, 0.2) is 5.82 Å². The Labute approximate surface area is 95.2 Å². The molecule has 1 N–H and O–H groups in total. The highest BCUT2D eigenvalue weighted by atomic mass is 16.6. The normalized spacial score (nSPS) is 15.7. The van der Waals surface area contributed by atoms with Gasteiger partial charge in [-0.3, -0.25) is 0 Å². The van der Waals surface area contributed by atoms with Crippen molar-refractivity contribution in [1.29, 1.82) is 0 Å². The highest BCUT2D eigenvalue weighted by Gasteiger charge is 2.21. The second-order valence-electron chi connectivity index (χ2n) is 3.82. The first-order valence-electron chi connectivity index (χ1n) is 5.61. The molecule has 0 spiro atoms. The predicted molar refractivity (Wildman–Crippen MR) is 61.3 cm³/mol. The van der Waals surface area contributed by atoms with Crippen molar-refractivity contribution in [1.82, 2.24) is 9.97 Å². The van der Waals surface area contributed by atoms with Gasteiger partial charge in [-0.05, 0) is 6.42 Å². The van der Waals surface area contributed by atoms with Gasteiger partial charge in [0.25, 0.3) is 5.88 Å². The van der Waals surface area contributed by atoms with Crippen LogP contribution in [0.4, 0.5) is 5.82 Å². The molecule has 0 fully saturated rings. The molecule has 0 amide bonds. The summed E-state index contributed by atoms with van der Waals surface area (Å²) in [6.45, 7) is 5.32. The Bertz CT molecular complexity index is 364. The molecule has 0 saturated heterocycles. The molecule has 1 aromatic heterocycles. The van der Waals surface area contributed by atoms with Crippen LogP contribution in [0.25, 0.3) is 0 Å². The van der Waals surface area contributed by atoms with Crippen molar-refractivity contribution in [3.8, 4) is 11.6 Å². The smallest absolute Gasteiger partial charge is 0.262 e. The van der Waals surface area contributed by atoms with Crippen molar-refractivity contribution in [2.75, 3.05) is 25.6 Å². The van der Waals surface area contributed by atoms with Crippen LogP contribution in [0.3, 0.4) is 0 Å². The van der Waals surface area contributed by atoms with Crippen LogP contribution in [0, 0.1) is 0 Å². The number of hydrogen-bond donors (Lipinski definition) is 1. The average molecular weight is 223 g/mol. The van der Waals surface area contributed by atoms with Crippen molar-refractivity contribution in [2.24, 2.45) is 0 Å². The first-order valence-corrected chi connectivity index (χ1v) is 5.61. The molecule has 1 aliphatic rings. The van der Waals surface area contributed by atoms with Gasteiger partial charge in [-0.2, -0.15) is 4.98 Å². The van der Waals surface area contributed by atoms with Gasteiger partial charge in [0.2, 0.25) is 5.75 Å². The lowest BCUT2D eigenvalue weighted by atomic mass is 10.1. The molecule has 0 saturated carbocycles. The molecule has 5 nitrogen and oxygen atoms in total. The molecular weight excluding hydrogens is 206 g/mol. The zero-order valence-corrected chi connectivity index (χ0v) is 9.91. The molecule has 2 rings (SSSR count). The number of aromatic nitrogens is 2. The summed E-state index contributed by atoms with van der Waals surface area (Å²) in [4.78, 5) is 8.84. The molecule has 16 heavy (non-hydrogen) atoms. The van der Waals surface area contributed by atoms with Crippen LogP contribution in [-0.4, -0.2) is 30.2 Å². The van der Waals surface area contributed by atoms with Crippen molar-refractivity contribution < 1.29 is 9.47 Å². The molecule has 1 aromatic rings. The molecule has 0 aromatic carbocycles. The van der Waals surface area contributed by atoms with E-state index in [4.69, 9.17) is 9.47 Å². The van der Waals surface area contributed by atoms with Crippen LogP contribution in [0.1, 0.15) is 32.0 Å². The van der Waals surface area contributed by atoms with Crippen molar-refractivity contribution in [3.63, 3.8) is 0 Å². The van der Waals surface area contributed by atoms with Crippen LogP contribution in [-0.2, 0) is 0 Å². The minimum Gasteiger partial charge on any atom is -0.482 e. The van der Waals surface area contributed by atoms with Crippen molar-refractivity contribution >= 4 is 5.82 Å². The van der Waals surface area contributed by atoms with E-state index >= 15 is 0 Å². The number of rotatable bonds is 3. The number of nitrogens with one attached hydrogen (secondary N) is 1. The minimum atomic E-state index is 0.322. The second-order valence-corrected chi connectivity index (χ2v) is 3.82. The highest BCUT2D eigenvalue weighted by Crippen LogP contribution is 2.35. The number of anilines is 1. The first kappa shape index (κ1) is 11.0. The van der Waals surface area contributed by atoms with Crippen molar-refractivity contribution in [2.45, 2.75) is 26.2 Å². The van der Waals surface area contributed by atoms with Gasteiger partial charge >= 0.3 is 0 Å². The fourth-order valence-electron chi connectivity index (χ4n) is 1.53.